The molecular weight excluding hydrogens is 164 g/mol. The highest BCUT2D eigenvalue weighted by Crippen LogP contribution is 2.14. The van der Waals surface area contributed by atoms with Crippen LogP contribution in [0.2, 0.25) is 0 Å². The molecule has 0 aliphatic rings. The molecule has 3 nitrogen and oxygen atoms in total. The first-order valence-corrected chi connectivity index (χ1v) is 4.01. The number of ketones is 1. The van der Waals surface area contributed by atoms with Gasteiger partial charge in [0.05, 0.1) is 0 Å². The van der Waals surface area contributed by atoms with Gasteiger partial charge in [-0.05, 0) is 12.2 Å². The van der Waals surface area contributed by atoms with Crippen LogP contribution in [-0.4, -0.2) is 5.78 Å². The molecule has 0 atom stereocenters. The number of nitrogens with zero attached hydrogens (tertiary/aromatic N) is 1. The third kappa shape index (κ3) is 5.68. The number of carbonyl (C=O) groups excluding carboxylic acids is 1. The first kappa shape index (κ1) is 11.4. The average Bonchev–Trinajstić information content (AvgIpc) is 2.02. The number of hydrogen-bond donors (Lipinski definition) is 1. The number of allylic oxidation sites excluding steroid dienone is 3. The lowest BCUT2D eigenvalue weighted by molar-refractivity contribution is -0.121. The second-order valence-corrected chi connectivity index (χ2v) is 3.59. The molecule has 13 heavy (non-hydrogen) atoms. The second kappa shape index (κ2) is 5.15. The van der Waals surface area contributed by atoms with E-state index in [9.17, 15) is 4.79 Å². The zero-order chi connectivity index (χ0) is 10.3. The van der Waals surface area contributed by atoms with E-state index in [4.69, 9.17) is 5.26 Å². The molecule has 70 valence electrons. The first-order chi connectivity index (χ1) is 5.98. The second-order valence-electron chi connectivity index (χ2n) is 3.59. The molecule has 0 spiro atoms. The van der Waals surface area contributed by atoms with Crippen molar-refractivity contribution in [3.63, 3.8) is 0 Å². The summed E-state index contributed by atoms with van der Waals surface area (Å²) in [5.41, 5.74) is -0.340. The molecule has 0 rings (SSSR count). The smallest absolute Gasteiger partial charge is 0.180 e. The Morgan fingerprint density at radius 1 is 1.38 bits per heavy atom. The molecule has 0 aromatic carbocycles. The summed E-state index contributed by atoms with van der Waals surface area (Å²) in [7, 11) is 0. The van der Waals surface area contributed by atoms with Crippen LogP contribution < -0.4 is 5.32 Å². The van der Waals surface area contributed by atoms with Crippen molar-refractivity contribution in [2.75, 3.05) is 0 Å². The van der Waals surface area contributed by atoms with Crippen LogP contribution >= 0.6 is 0 Å². The Morgan fingerprint density at radius 2 is 2.00 bits per heavy atom. The summed E-state index contributed by atoms with van der Waals surface area (Å²) in [6.45, 7) is 5.57. The van der Waals surface area contributed by atoms with E-state index in [2.05, 4.69) is 5.32 Å². The normalized spacial score (nSPS) is 11.8. The molecular formula is C10H14N2O. The topological polar surface area (TPSA) is 52.9 Å². The fourth-order valence-electron chi connectivity index (χ4n) is 0.534. The Bertz CT molecular complexity index is 264. The maximum Gasteiger partial charge on any atom is 0.180 e. The summed E-state index contributed by atoms with van der Waals surface area (Å²) in [4.78, 5) is 11.3. The zero-order valence-corrected chi connectivity index (χ0v) is 8.16. The van der Waals surface area contributed by atoms with Gasteiger partial charge in [0.2, 0.25) is 0 Å². The number of carbonyl (C=O) groups is 1. The van der Waals surface area contributed by atoms with Gasteiger partial charge in [-0.3, -0.25) is 10.1 Å². The first-order valence-electron chi connectivity index (χ1n) is 4.01. The maximum absolute atomic E-state index is 11.3. The van der Waals surface area contributed by atoms with E-state index < -0.39 is 0 Å². The molecule has 3 heteroatoms. The molecule has 0 unspecified atom stereocenters. The summed E-state index contributed by atoms with van der Waals surface area (Å²) >= 11 is 0. The summed E-state index contributed by atoms with van der Waals surface area (Å²) in [5, 5.41) is 10.4. The van der Waals surface area contributed by atoms with E-state index >= 15 is 0 Å². The minimum atomic E-state index is -0.340. The van der Waals surface area contributed by atoms with Gasteiger partial charge >= 0.3 is 0 Å². The van der Waals surface area contributed by atoms with Crippen molar-refractivity contribution in [1.29, 1.82) is 5.26 Å². The van der Waals surface area contributed by atoms with Crippen LogP contribution in [0.4, 0.5) is 0 Å². The molecule has 0 aromatic heterocycles. The van der Waals surface area contributed by atoms with Crippen LogP contribution in [-0.2, 0) is 4.79 Å². The van der Waals surface area contributed by atoms with Crippen molar-refractivity contribution in [1.82, 2.24) is 5.32 Å². The van der Waals surface area contributed by atoms with E-state index in [1.54, 1.807) is 18.3 Å². The maximum atomic E-state index is 11.3. The number of rotatable bonds is 3. The Hall–Kier alpha value is -1.56. The van der Waals surface area contributed by atoms with Crippen LogP contribution in [0.3, 0.4) is 0 Å². The largest absolute Gasteiger partial charge is 0.300 e. The molecule has 0 saturated heterocycles. The molecule has 0 aromatic rings. The Labute approximate surface area is 78.7 Å². The molecule has 0 aliphatic carbocycles. The fraction of sp³-hybridized carbons (Fsp3) is 0.400. The highest BCUT2D eigenvalue weighted by Gasteiger charge is 2.17. The van der Waals surface area contributed by atoms with Crippen molar-refractivity contribution in [3.05, 3.63) is 24.4 Å². The minimum Gasteiger partial charge on any atom is -0.300 e. The molecule has 0 heterocycles. The molecule has 0 aliphatic heterocycles. The summed E-state index contributed by atoms with van der Waals surface area (Å²) < 4.78 is 0. The fourth-order valence-corrected chi connectivity index (χ4v) is 0.534. The predicted molar refractivity (Wildman–Crippen MR) is 51.5 cm³/mol. The van der Waals surface area contributed by atoms with Crippen LogP contribution in [0, 0.1) is 16.9 Å². The molecule has 0 radical (unpaired) electrons. The van der Waals surface area contributed by atoms with Gasteiger partial charge in [-0.2, -0.15) is 5.26 Å². The van der Waals surface area contributed by atoms with Gasteiger partial charge in [-0.15, -0.1) is 0 Å². The Balaban J connectivity index is 4.01. The zero-order valence-electron chi connectivity index (χ0n) is 8.16. The summed E-state index contributed by atoms with van der Waals surface area (Å²) in [6.07, 6.45) is 7.90. The third-order valence-electron chi connectivity index (χ3n) is 1.34. The Kier molecular flexibility index (Phi) is 4.53. The van der Waals surface area contributed by atoms with Crippen LogP contribution in [0.1, 0.15) is 20.8 Å². The summed E-state index contributed by atoms with van der Waals surface area (Å²) in [6, 6.07) is 0. The van der Waals surface area contributed by atoms with Crippen molar-refractivity contribution < 1.29 is 4.79 Å². The monoisotopic (exact) mass is 178 g/mol. The molecule has 0 saturated carbocycles. The van der Waals surface area contributed by atoms with Crippen LogP contribution in [0.15, 0.2) is 24.4 Å². The lowest BCUT2D eigenvalue weighted by Crippen LogP contribution is -2.17. The van der Waals surface area contributed by atoms with Crippen LogP contribution in [0.5, 0.6) is 0 Å². The lowest BCUT2D eigenvalue weighted by Gasteiger charge is -2.12. The van der Waals surface area contributed by atoms with E-state index in [0.29, 0.717) is 0 Å². The van der Waals surface area contributed by atoms with Gasteiger partial charge in [0.25, 0.3) is 0 Å². The van der Waals surface area contributed by atoms with Gasteiger partial charge in [-0.25, -0.2) is 0 Å². The van der Waals surface area contributed by atoms with E-state index in [1.165, 1.54) is 12.3 Å². The molecule has 0 bridgehead atoms. The van der Waals surface area contributed by atoms with Crippen molar-refractivity contribution in [2.45, 2.75) is 20.8 Å². The number of nitrogens with one attached hydrogen (secondary N) is 1. The average molecular weight is 178 g/mol. The Morgan fingerprint density at radius 3 is 2.46 bits per heavy atom. The van der Waals surface area contributed by atoms with Gasteiger partial charge in [0.15, 0.2) is 12.0 Å². The van der Waals surface area contributed by atoms with Crippen molar-refractivity contribution in [2.24, 2.45) is 5.41 Å². The summed E-state index contributed by atoms with van der Waals surface area (Å²) in [5.74, 6) is 0.0640. The third-order valence-corrected chi connectivity index (χ3v) is 1.34. The van der Waals surface area contributed by atoms with E-state index in [0.717, 1.165) is 0 Å². The highest BCUT2D eigenvalue weighted by molar-refractivity contribution is 5.94. The van der Waals surface area contributed by atoms with Crippen molar-refractivity contribution >= 4 is 5.78 Å². The van der Waals surface area contributed by atoms with Gasteiger partial charge in [0.1, 0.15) is 0 Å². The van der Waals surface area contributed by atoms with Crippen LogP contribution in [0.25, 0.3) is 0 Å². The van der Waals surface area contributed by atoms with E-state index in [-0.39, 0.29) is 11.2 Å². The number of nitriles is 1. The standard InChI is InChI=1S/C10H14N2O/c1-10(2,3)9(13)6-4-5-7-12-8-11/h4-7,12H,1-3H3/b6-4+,7-5-. The molecule has 1 N–H and O–H groups in total. The quantitative estimate of drug-likeness (QED) is 0.310. The SMILES string of the molecule is CC(C)(C)C(=O)/C=C/C=C\NC#N. The number of hydrogen-bond acceptors (Lipinski definition) is 3. The predicted octanol–water partition coefficient (Wildman–Crippen LogP) is 1.74. The van der Waals surface area contributed by atoms with E-state index in [1.807, 2.05) is 20.8 Å². The van der Waals surface area contributed by atoms with Gasteiger partial charge < -0.3 is 0 Å². The van der Waals surface area contributed by atoms with Gasteiger partial charge in [-0.1, -0.05) is 26.8 Å². The minimum absolute atomic E-state index is 0.0640. The highest BCUT2D eigenvalue weighted by atomic mass is 16.1. The molecule has 0 amide bonds. The molecule has 0 fully saturated rings. The lowest BCUT2D eigenvalue weighted by atomic mass is 9.91. The van der Waals surface area contributed by atoms with Crippen molar-refractivity contribution in [3.8, 4) is 6.19 Å². The van der Waals surface area contributed by atoms with Gasteiger partial charge in [0, 0.05) is 11.6 Å².